The van der Waals surface area contributed by atoms with Gasteiger partial charge in [0.2, 0.25) is 0 Å². The van der Waals surface area contributed by atoms with E-state index in [0.29, 0.717) is 23.2 Å². The zero-order valence-corrected chi connectivity index (χ0v) is 11.5. The second kappa shape index (κ2) is 5.44. The number of carbonyl (C=O) groups is 2. The summed E-state index contributed by atoms with van der Waals surface area (Å²) < 4.78 is 0. The molecule has 21 heavy (non-hydrogen) atoms. The Kier molecular flexibility index (Phi) is 3.48. The number of aromatic amines is 1. The number of anilines is 1. The van der Waals surface area contributed by atoms with E-state index in [4.69, 9.17) is 0 Å². The van der Waals surface area contributed by atoms with Gasteiger partial charge in [0.1, 0.15) is 5.75 Å². The number of hydrogen-bond acceptors (Lipinski definition) is 3. The standard InChI is InChI=1S/C16H16N2O3/c19-11-7-5-10(6-8-11)18-16(21)12-9-17-13-3-1-2-4-14(20)15(12)13/h5-9,17,19H,1-4H2,(H,18,21). The molecular weight excluding hydrogens is 268 g/mol. The molecule has 1 heterocycles. The first-order valence-electron chi connectivity index (χ1n) is 6.99. The van der Waals surface area contributed by atoms with Crippen LogP contribution in [0, 0.1) is 0 Å². The zero-order valence-electron chi connectivity index (χ0n) is 11.5. The van der Waals surface area contributed by atoms with E-state index in [2.05, 4.69) is 10.3 Å². The van der Waals surface area contributed by atoms with E-state index in [0.717, 1.165) is 25.0 Å². The quantitative estimate of drug-likeness (QED) is 0.586. The van der Waals surface area contributed by atoms with Crippen LogP contribution in [-0.4, -0.2) is 21.8 Å². The number of ketones is 1. The molecule has 1 amide bonds. The van der Waals surface area contributed by atoms with Crippen LogP contribution in [0.2, 0.25) is 0 Å². The number of nitrogens with one attached hydrogen (secondary N) is 2. The molecule has 0 saturated carbocycles. The summed E-state index contributed by atoms with van der Waals surface area (Å²) in [4.78, 5) is 27.6. The molecule has 1 aromatic carbocycles. The lowest BCUT2D eigenvalue weighted by Crippen LogP contribution is -2.15. The lowest BCUT2D eigenvalue weighted by Gasteiger charge is -2.06. The maximum Gasteiger partial charge on any atom is 0.257 e. The number of hydrogen-bond donors (Lipinski definition) is 3. The van der Waals surface area contributed by atoms with Crippen molar-refractivity contribution < 1.29 is 14.7 Å². The molecular formula is C16H16N2O3. The summed E-state index contributed by atoms with van der Waals surface area (Å²) in [5, 5.41) is 12.0. The van der Waals surface area contributed by atoms with Crippen LogP contribution in [0.5, 0.6) is 5.75 Å². The highest BCUT2D eigenvalue weighted by Crippen LogP contribution is 2.24. The molecule has 0 aliphatic heterocycles. The smallest absolute Gasteiger partial charge is 0.257 e. The third-order valence-electron chi connectivity index (χ3n) is 3.69. The third-order valence-corrected chi connectivity index (χ3v) is 3.69. The van der Waals surface area contributed by atoms with Crippen LogP contribution < -0.4 is 5.32 Å². The van der Waals surface area contributed by atoms with Gasteiger partial charge in [-0.2, -0.15) is 0 Å². The highest BCUT2D eigenvalue weighted by molar-refractivity contribution is 6.13. The summed E-state index contributed by atoms with van der Waals surface area (Å²) in [5.41, 5.74) is 2.36. The number of rotatable bonds is 2. The first-order chi connectivity index (χ1) is 10.1. The van der Waals surface area contributed by atoms with Crippen LogP contribution in [0.25, 0.3) is 0 Å². The van der Waals surface area contributed by atoms with Gasteiger partial charge in [-0.25, -0.2) is 0 Å². The van der Waals surface area contributed by atoms with Gasteiger partial charge in [0.05, 0.1) is 11.1 Å². The van der Waals surface area contributed by atoms with Gasteiger partial charge in [0, 0.05) is 24.0 Å². The first kappa shape index (κ1) is 13.4. The summed E-state index contributed by atoms with van der Waals surface area (Å²) in [5.74, 6) is -0.147. The van der Waals surface area contributed by atoms with Gasteiger partial charge in [0.25, 0.3) is 5.91 Å². The number of fused-ring (bicyclic) bond motifs is 1. The Morgan fingerprint density at radius 1 is 1.14 bits per heavy atom. The second-order valence-corrected chi connectivity index (χ2v) is 5.19. The number of phenols is 1. The molecule has 0 radical (unpaired) electrons. The number of amides is 1. The molecule has 0 fully saturated rings. The summed E-state index contributed by atoms with van der Waals surface area (Å²) >= 11 is 0. The number of carbonyl (C=O) groups excluding carboxylic acids is 2. The Morgan fingerprint density at radius 3 is 2.62 bits per heavy atom. The molecule has 1 aliphatic rings. The predicted octanol–water partition coefficient (Wildman–Crippen LogP) is 2.88. The number of H-pyrrole nitrogens is 1. The van der Waals surface area contributed by atoms with Crippen LogP contribution in [-0.2, 0) is 6.42 Å². The van der Waals surface area contributed by atoms with Crippen molar-refractivity contribution in [1.29, 1.82) is 0 Å². The molecule has 0 unspecified atom stereocenters. The monoisotopic (exact) mass is 284 g/mol. The topological polar surface area (TPSA) is 82.2 Å². The number of aromatic nitrogens is 1. The SMILES string of the molecule is O=C(Nc1ccc(O)cc1)c1c[nH]c2c1C(=O)CCCC2. The van der Waals surface area contributed by atoms with Crippen molar-refractivity contribution in [2.75, 3.05) is 5.32 Å². The Balaban J connectivity index is 1.87. The zero-order chi connectivity index (χ0) is 14.8. The van der Waals surface area contributed by atoms with Crippen molar-refractivity contribution in [3.63, 3.8) is 0 Å². The van der Waals surface area contributed by atoms with Crippen molar-refractivity contribution in [2.24, 2.45) is 0 Å². The van der Waals surface area contributed by atoms with Gasteiger partial charge in [-0.3, -0.25) is 9.59 Å². The summed E-state index contributed by atoms with van der Waals surface area (Å²) in [6, 6.07) is 6.22. The molecule has 0 spiro atoms. The lowest BCUT2D eigenvalue weighted by atomic mass is 10.0. The number of phenolic OH excluding ortho intramolecular Hbond substituents is 1. The normalized spacial score (nSPS) is 14.4. The minimum atomic E-state index is -0.312. The van der Waals surface area contributed by atoms with Crippen molar-refractivity contribution in [1.82, 2.24) is 4.98 Å². The van der Waals surface area contributed by atoms with Crippen molar-refractivity contribution in [3.05, 3.63) is 47.3 Å². The molecule has 5 nitrogen and oxygen atoms in total. The average Bonchev–Trinajstić information content (AvgIpc) is 2.81. The predicted molar refractivity (Wildman–Crippen MR) is 78.7 cm³/mol. The van der Waals surface area contributed by atoms with Crippen molar-refractivity contribution >= 4 is 17.4 Å². The van der Waals surface area contributed by atoms with E-state index in [1.165, 1.54) is 12.1 Å². The summed E-state index contributed by atoms with van der Waals surface area (Å²) in [6.45, 7) is 0. The van der Waals surface area contributed by atoms with Crippen LogP contribution >= 0.6 is 0 Å². The summed E-state index contributed by atoms with van der Waals surface area (Å²) in [6.07, 6.45) is 4.71. The molecule has 108 valence electrons. The van der Waals surface area contributed by atoms with Gasteiger partial charge < -0.3 is 15.4 Å². The number of Topliss-reactive ketones (excluding diaryl/α,β-unsaturated/α-hetero) is 1. The Bertz CT molecular complexity index is 686. The van der Waals surface area contributed by atoms with E-state index in [-0.39, 0.29) is 17.4 Å². The molecule has 0 saturated heterocycles. The summed E-state index contributed by atoms with van der Waals surface area (Å²) in [7, 11) is 0. The Labute approximate surface area is 122 Å². The van der Waals surface area contributed by atoms with Gasteiger partial charge in [0.15, 0.2) is 5.78 Å². The number of benzene rings is 1. The maximum atomic E-state index is 12.3. The highest BCUT2D eigenvalue weighted by Gasteiger charge is 2.24. The van der Waals surface area contributed by atoms with Crippen LogP contribution in [0.15, 0.2) is 30.5 Å². The van der Waals surface area contributed by atoms with E-state index < -0.39 is 0 Å². The fourth-order valence-corrected chi connectivity index (χ4v) is 2.62. The fourth-order valence-electron chi connectivity index (χ4n) is 2.62. The molecule has 1 aromatic heterocycles. The van der Waals surface area contributed by atoms with Crippen LogP contribution in [0.1, 0.15) is 45.7 Å². The van der Waals surface area contributed by atoms with E-state index in [1.807, 2.05) is 0 Å². The van der Waals surface area contributed by atoms with Gasteiger partial charge >= 0.3 is 0 Å². The fraction of sp³-hybridized carbons (Fsp3) is 0.250. The van der Waals surface area contributed by atoms with Crippen LogP contribution in [0.3, 0.4) is 0 Å². The van der Waals surface area contributed by atoms with Gasteiger partial charge in [-0.05, 0) is 43.5 Å². The average molecular weight is 284 g/mol. The highest BCUT2D eigenvalue weighted by atomic mass is 16.3. The van der Waals surface area contributed by atoms with Crippen molar-refractivity contribution in [3.8, 4) is 5.75 Å². The lowest BCUT2D eigenvalue weighted by molar-refractivity contribution is 0.0965. The molecule has 3 rings (SSSR count). The molecule has 5 heteroatoms. The van der Waals surface area contributed by atoms with E-state index in [1.54, 1.807) is 18.3 Å². The molecule has 0 bridgehead atoms. The third kappa shape index (κ3) is 2.67. The number of aromatic hydroxyl groups is 1. The van der Waals surface area contributed by atoms with E-state index >= 15 is 0 Å². The number of aryl methyl sites for hydroxylation is 1. The molecule has 2 aromatic rings. The molecule has 1 aliphatic carbocycles. The Morgan fingerprint density at radius 2 is 1.86 bits per heavy atom. The van der Waals surface area contributed by atoms with Crippen molar-refractivity contribution in [2.45, 2.75) is 25.7 Å². The first-order valence-corrected chi connectivity index (χ1v) is 6.99. The van der Waals surface area contributed by atoms with Gasteiger partial charge in [-0.1, -0.05) is 0 Å². The molecule has 0 atom stereocenters. The maximum absolute atomic E-state index is 12.3. The van der Waals surface area contributed by atoms with Gasteiger partial charge in [-0.15, -0.1) is 0 Å². The molecule has 3 N–H and O–H groups in total. The van der Waals surface area contributed by atoms with E-state index in [9.17, 15) is 14.7 Å². The largest absolute Gasteiger partial charge is 0.508 e. The van der Waals surface area contributed by atoms with Crippen LogP contribution in [0.4, 0.5) is 5.69 Å². The second-order valence-electron chi connectivity index (χ2n) is 5.19. The minimum Gasteiger partial charge on any atom is -0.508 e. The minimum absolute atomic E-state index is 0.0274. The Hall–Kier alpha value is -2.56.